The van der Waals surface area contributed by atoms with Gasteiger partial charge in [0.25, 0.3) is 0 Å². The van der Waals surface area contributed by atoms with Crippen molar-refractivity contribution in [2.24, 2.45) is 0 Å². The van der Waals surface area contributed by atoms with Gasteiger partial charge in [0.1, 0.15) is 18.5 Å². The van der Waals surface area contributed by atoms with Crippen molar-refractivity contribution < 1.29 is 14.6 Å². The number of β-amino-alcohol motifs (C(OH)–C–C–N with tert-alkyl or cyclic N) is 1. The Kier molecular flexibility index (Phi) is 5.55. The maximum absolute atomic E-state index is 11.5. The number of fused-ring (bicyclic) bond motifs is 1. The number of ether oxygens (including phenoxy) is 1. The van der Waals surface area contributed by atoms with Gasteiger partial charge in [-0.25, -0.2) is 0 Å². The van der Waals surface area contributed by atoms with Crippen molar-refractivity contribution in [2.45, 2.75) is 6.10 Å². The van der Waals surface area contributed by atoms with Crippen LogP contribution in [-0.4, -0.2) is 54.8 Å². The molecule has 1 fully saturated rings. The normalized spacial score (nSPS) is 16.0. The molecule has 5 nitrogen and oxygen atoms in total. The van der Waals surface area contributed by atoms with E-state index >= 15 is 0 Å². The molecule has 0 radical (unpaired) electrons. The number of nitrogens with zero attached hydrogens (tertiary/aromatic N) is 1. The Balaban J connectivity index is 1.54. The monoisotopic (exact) mass is 376 g/mol. The molecule has 1 unspecified atom stereocenters. The van der Waals surface area contributed by atoms with E-state index in [9.17, 15) is 9.90 Å². The topological polar surface area (TPSA) is 61.8 Å². The second-order valence-electron chi connectivity index (χ2n) is 7.08. The van der Waals surface area contributed by atoms with E-state index in [2.05, 4.69) is 29.6 Å². The van der Waals surface area contributed by atoms with E-state index in [1.54, 1.807) is 0 Å². The molecule has 1 aliphatic heterocycles. The molecule has 144 valence electrons. The molecule has 1 aliphatic rings. The fourth-order valence-electron chi connectivity index (χ4n) is 3.66. The standard InChI is InChI=1S/C23H24N2O3/c26-19(14-25-13-12-24-22(27)15-25)16-28-21-11-10-17-6-4-5-9-20(17)23(21)18-7-2-1-3-8-18/h1-11,19,26H,12-16H2,(H,24,27). The predicted octanol–water partition coefficient (Wildman–Crippen LogP) is 2.68. The van der Waals surface area contributed by atoms with Gasteiger partial charge in [0.2, 0.25) is 5.91 Å². The molecule has 5 heteroatoms. The summed E-state index contributed by atoms with van der Waals surface area (Å²) in [6.07, 6.45) is -0.666. The third-order valence-electron chi connectivity index (χ3n) is 4.97. The van der Waals surface area contributed by atoms with Crippen molar-refractivity contribution in [1.82, 2.24) is 10.2 Å². The lowest BCUT2D eigenvalue weighted by molar-refractivity contribution is -0.124. The molecule has 4 rings (SSSR count). The molecule has 2 N–H and O–H groups in total. The number of benzene rings is 3. The quantitative estimate of drug-likeness (QED) is 0.694. The van der Waals surface area contributed by atoms with Crippen molar-refractivity contribution in [3.05, 3.63) is 66.7 Å². The minimum atomic E-state index is -0.666. The summed E-state index contributed by atoms with van der Waals surface area (Å²) in [5.41, 5.74) is 2.11. The third kappa shape index (κ3) is 4.16. The van der Waals surface area contributed by atoms with Crippen LogP contribution >= 0.6 is 0 Å². The molecule has 0 aromatic heterocycles. The van der Waals surface area contributed by atoms with E-state index in [0.29, 0.717) is 19.6 Å². The highest BCUT2D eigenvalue weighted by molar-refractivity contribution is 5.99. The molecule has 1 amide bonds. The van der Waals surface area contributed by atoms with Crippen molar-refractivity contribution in [2.75, 3.05) is 32.8 Å². The number of carbonyl (C=O) groups is 1. The van der Waals surface area contributed by atoms with E-state index in [-0.39, 0.29) is 12.5 Å². The Bertz CT molecular complexity index is 958. The maximum Gasteiger partial charge on any atom is 0.234 e. The molecular weight excluding hydrogens is 352 g/mol. The number of aliphatic hydroxyl groups is 1. The van der Waals surface area contributed by atoms with Crippen molar-refractivity contribution in [3.8, 4) is 16.9 Å². The maximum atomic E-state index is 11.5. The van der Waals surface area contributed by atoms with Crippen LogP contribution in [0.2, 0.25) is 0 Å². The Morgan fingerprint density at radius 1 is 1.04 bits per heavy atom. The van der Waals surface area contributed by atoms with Crippen molar-refractivity contribution >= 4 is 16.7 Å². The number of hydrogen-bond acceptors (Lipinski definition) is 4. The number of piperazine rings is 1. The van der Waals surface area contributed by atoms with Gasteiger partial charge in [0.15, 0.2) is 0 Å². The second-order valence-corrected chi connectivity index (χ2v) is 7.08. The van der Waals surface area contributed by atoms with Crippen LogP contribution in [0, 0.1) is 0 Å². The Hall–Kier alpha value is -2.89. The summed E-state index contributed by atoms with van der Waals surface area (Å²) in [5, 5.41) is 15.5. The predicted molar refractivity (Wildman–Crippen MR) is 110 cm³/mol. The number of rotatable bonds is 6. The fourth-order valence-corrected chi connectivity index (χ4v) is 3.66. The summed E-state index contributed by atoms with van der Waals surface area (Å²) in [4.78, 5) is 13.4. The Morgan fingerprint density at radius 2 is 1.82 bits per heavy atom. The van der Waals surface area contributed by atoms with Crippen LogP contribution in [0.25, 0.3) is 21.9 Å². The summed E-state index contributed by atoms with van der Waals surface area (Å²) in [7, 11) is 0. The fraction of sp³-hybridized carbons (Fsp3) is 0.261. The average molecular weight is 376 g/mol. The number of hydrogen-bond donors (Lipinski definition) is 2. The zero-order chi connectivity index (χ0) is 19.3. The molecular formula is C23H24N2O3. The van der Waals surface area contributed by atoms with E-state index in [0.717, 1.165) is 34.2 Å². The largest absolute Gasteiger partial charge is 0.490 e. The molecule has 0 aliphatic carbocycles. The van der Waals surface area contributed by atoms with E-state index in [1.165, 1.54) is 0 Å². The average Bonchev–Trinajstić information content (AvgIpc) is 2.72. The summed E-state index contributed by atoms with van der Waals surface area (Å²) in [5.74, 6) is 0.751. The van der Waals surface area contributed by atoms with Gasteiger partial charge in [0, 0.05) is 25.2 Å². The molecule has 0 spiro atoms. The number of nitrogens with one attached hydrogen (secondary N) is 1. The zero-order valence-corrected chi connectivity index (χ0v) is 15.7. The van der Waals surface area contributed by atoms with Gasteiger partial charge >= 0.3 is 0 Å². The minimum Gasteiger partial charge on any atom is -0.490 e. The van der Waals surface area contributed by atoms with Crippen LogP contribution in [0.1, 0.15) is 0 Å². The number of amides is 1. The van der Waals surface area contributed by atoms with Gasteiger partial charge in [0.05, 0.1) is 6.54 Å². The van der Waals surface area contributed by atoms with Crippen LogP contribution in [0.3, 0.4) is 0 Å². The Morgan fingerprint density at radius 3 is 2.64 bits per heavy atom. The smallest absolute Gasteiger partial charge is 0.234 e. The summed E-state index contributed by atoms with van der Waals surface area (Å²) < 4.78 is 6.05. The third-order valence-corrected chi connectivity index (χ3v) is 4.97. The summed E-state index contributed by atoms with van der Waals surface area (Å²) in [6, 6.07) is 22.4. The zero-order valence-electron chi connectivity index (χ0n) is 15.7. The van der Waals surface area contributed by atoms with Crippen LogP contribution < -0.4 is 10.1 Å². The molecule has 28 heavy (non-hydrogen) atoms. The lowest BCUT2D eigenvalue weighted by Crippen LogP contribution is -2.50. The van der Waals surface area contributed by atoms with Crippen LogP contribution in [-0.2, 0) is 4.79 Å². The first-order valence-corrected chi connectivity index (χ1v) is 9.58. The van der Waals surface area contributed by atoms with Gasteiger partial charge in [-0.05, 0) is 22.4 Å². The van der Waals surface area contributed by atoms with Crippen LogP contribution in [0.15, 0.2) is 66.7 Å². The number of aliphatic hydroxyl groups excluding tert-OH is 1. The lowest BCUT2D eigenvalue weighted by Gasteiger charge is -2.28. The first kappa shape index (κ1) is 18.5. The highest BCUT2D eigenvalue weighted by Crippen LogP contribution is 2.37. The molecule has 3 aromatic rings. The summed E-state index contributed by atoms with van der Waals surface area (Å²) >= 11 is 0. The second kappa shape index (κ2) is 8.42. The molecule has 1 saturated heterocycles. The lowest BCUT2D eigenvalue weighted by atomic mass is 9.97. The van der Waals surface area contributed by atoms with Crippen molar-refractivity contribution in [3.63, 3.8) is 0 Å². The van der Waals surface area contributed by atoms with Gasteiger partial charge in [-0.15, -0.1) is 0 Å². The SMILES string of the molecule is O=C1CN(CC(O)COc2ccc3ccccc3c2-c2ccccc2)CCN1. The first-order valence-electron chi connectivity index (χ1n) is 9.58. The highest BCUT2D eigenvalue weighted by atomic mass is 16.5. The highest BCUT2D eigenvalue weighted by Gasteiger charge is 2.20. The van der Waals surface area contributed by atoms with E-state index in [4.69, 9.17) is 4.74 Å². The van der Waals surface area contributed by atoms with E-state index < -0.39 is 6.10 Å². The van der Waals surface area contributed by atoms with Gasteiger partial charge in [-0.2, -0.15) is 0 Å². The Labute approximate surface area is 164 Å². The van der Waals surface area contributed by atoms with Gasteiger partial charge in [-0.1, -0.05) is 60.7 Å². The van der Waals surface area contributed by atoms with Crippen LogP contribution in [0.4, 0.5) is 0 Å². The molecule has 0 bridgehead atoms. The van der Waals surface area contributed by atoms with Crippen LogP contribution in [0.5, 0.6) is 5.75 Å². The van der Waals surface area contributed by atoms with E-state index in [1.807, 2.05) is 47.4 Å². The summed E-state index contributed by atoms with van der Waals surface area (Å²) in [6.45, 7) is 2.28. The van der Waals surface area contributed by atoms with Gasteiger partial charge in [-0.3, -0.25) is 9.69 Å². The molecule has 1 atom stereocenters. The minimum absolute atomic E-state index is 0.000242. The van der Waals surface area contributed by atoms with Gasteiger partial charge < -0.3 is 15.2 Å². The molecule has 3 aromatic carbocycles. The molecule has 1 heterocycles. The van der Waals surface area contributed by atoms with Crippen molar-refractivity contribution in [1.29, 1.82) is 0 Å². The first-order chi connectivity index (χ1) is 13.7. The molecule has 0 saturated carbocycles. The number of carbonyl (C=O) groups excluding carboxylic acids is 1.